The van der Waals surface area contributed by atoms with Crippen molar-refractivity contribution in [3.8, 4) is 0 Å². The molecule has 0 aromatic heterocycles. The molecule has 0 saturated heterocycles. The lowest BCUT2D eigenvalue weighted by Gasteiger charge is -2.15. The van der Waals surface area contributed by atoms with Gasteiger partial charge in [-0.25, -0.2) is 4.39 Å². The maximum atomic E-state index is 13.0. The Morgan fingerprint density at radius 2 is 2.00 bits per heavy atom. The molecule has 0 bridgehead atoms. The fourth-order valence-electron chi connectivity index (χ4n) is 2.48. The van der Waals surface area contributed by atoms with Crippen LogP contribution in [0.1, 0.15) is 35.3 Å². The number of hydrogen-bond donors (Lipinski definition) is 2. The average Bonchev–Trinajstić information content (AvgIpc) is 2.75. The Hall–Kier alpha value is -2.34. The largest absolute Gasteiger partial charge is 0.346 e. The van der Waals surface area contributed by atoms with E-state index in [0.29, 0.717) is 17.7 Å². The highest BCUT2D eigenvalue weighted by Crippen LogP contribution is 2.31. The van der Waals surface area contributed by atoms with Crippen molar-refractivity contribution in [2.75, 3.05) is 11.1 Å². The van der Waals surface area contributed by atoms with Gasteiger partial charge in [0.25, 0.3) is 5.91 Å². The van der Waals surface area contributed by atoms with E-state index in [9.17, 15) is 14.0 Å². The number of amides is 2. The molecule has 6 heteroatoms. The van der Waals surface area contributed by atoms with E-state index in [2.05, 4.69) is 10.6 Å². The summed E-state index contributed by atoms with van der Waals surface area (Å²) in [7, 11) is 0. The number of halogens is 1. The number of thioether (sulfide) groups is 1. The van der Waals surface area contributed by atoms with E-state index < -0.39 is 0 Å². The molecule has 0 saturated carbocycles. The Morgan fingerprint density at radius 1 is 1.25 bits per heavy atom. The normalized spacial score (nSPS) is 15.0. The third kappa shape index (κ3) is 3.76. The minimum absolute atomic E-state index is 0.0431. The van der Waals surface area contributed by atoms with Gasteiger partial charge in [-0.2, -0.15) is 0 Å². The lowest BCUT2D eigenvalue weighted by atomic mass is 10.1. The van der Waals surface area contributed by atoms with Gasteiger partial charge in [0.05, 0.1) is 11.7 Å². The molecule has 3 rings (SSSR count). The standard InChI is InChI=1S/C18H17FN2O2S/c1-11(12-2-5-14(19)6-3-12)20-18(23)13-4-7-16-15(10-13)21-17(22)8-9-24-16/h2-7,10-11H,8-9H2,1H3,(H,20,23)(H,21,22)/t11-/m0/s1. The summed E-state index contributed by atoms with van der Waals surface area (Å²) >= 11 is 1.60. The third-order valence-corrected chi connectivity index (χ3v) is 4.90. The highest BCUT2D eigenvalue weighted by molar-refractivity contribution is 7.99. The van der Waals surface area contributed by atoms with Gasteiger partial charge in [0.2, 0.25) is 5.91 Å². The zero-order chi connectivity index (χ0) is 17.1. The summed E-state index contributed by atoms with van der Waals surface area (Å²) < 4.78 is 13.0. The van der Waals surface area contributed by atoms with Crippen molar-refractivity contribution in [2.45, 2.75) is 24.3 Å². The summed E-state index contributed by atoms with van der Waals surface area (Å²) in [4.78, 5) is 25.1. The second-order valence-electron chi connectivity index (χ2n) is 5.60. The summed E-state index contributed by atoms with van der Waals surface area (Å²) in [6, 6.07) is 11.1. The highest BCUT2D eigenvalue weighted by Gasteiger charge is 2.17. The van der Waals surface area contributed by atoms with Gasteiger partial charge >= 0.3 is 0 Å². The molecule has 0 spiro atoms. The predicted octanol–water partition coefficient (Wildman–Crippen LogP) is 3.75. The molecule has 2 aromatic carbocycles. The van der Waals surface area contributed by atoms with Crippen LogP contribution in [0.15, 0.2) is 47.4 Å². The molecule has 0 fully saturated rings. The molecule has 124 valence electrons. The van der Waals surface area contributed by atoms with Crippen molar-refractivity contribution in [1.82, 2.24) is 5.32 Å². The molecule has 1 heterocycles. The van der Waals surface area contributed by atoms with Gasteiger partial charge < -0.3 is 10.6 Å². The number of carbonyl (C=O) groups is 2. The van der Waals surface area contributed by atoms with Crippen LogP contribution in [0.4, 0.5) is 10.1 Å². The van der Waals surface area contributed by atoms with Crippen LogP contribution in [0.5, 0.6) is 0 Å². The summed E-state index contributed by atoms with van der Waals surface area (Å²) in [5.74, 6) is 0.138. The van der Waals surface area contributed by atoms with E-state index in [-0.39, 0.29) is 23.7 Å². The number of rotatable bonds is 3. The molecule has 2 aromatic rings. The smallest absolute Gasteiger partial charge is 0.251 e. The topological polar surface area (TPSA) is 58.2 Å². The van der Waals surface area contributed by atoms with Gasteiger partial charge in [0.15, 0.2) is 0 Å². The van der Waals surface area contributed by atoms with Gasteiger partial charge in [-0.05, 0) is 42.8 Å². The molecular weight excluding hydrogens is 327 g/mol. The van der Waals surface area contributed by atoms with Crippen LogP contribution in [-0.2, 0) is 4.79 Å². The maximum absolute atomic E-state index is 13.0. The lowest BCUT2D eigenvalue weighted by molar-refractivity contribution is -0.115. The Bertz CT molecular complexity index is 777. The van der Waals surface area contributed by atoms with E-state index in [1.54, 1.807) is 36.0 Å². The zero-order valence-corrected chi connectivity index (χ0v) is 14.0. The number of fused-ring (bicyclic) bond motifs is 1. The molecule has 4 nitrogen and oxygen atoms in total. The number of carbonyl (C=O) groups excluding carboxylic acids is 2. The fourth-order valence-corrected chi connectivity index (χ4v) is 3.41. The van der Waals surface area contributed by atoms with Crippen LogP contribution in [0.25, 0.3) is 0 Å². The molecule has 2 amide bonds. The summed E-state index contributed by atoms with van der Waals surface area (Å²) in [6.45, 7) is 1.84. The van der Waals surface area contributed by atoms with Crippen molar-refractivity contribution in [2.24, 2.45) is 0 Å². The lowest BCUT2D eigenvalue weighted by Crippen LogP contribution is -2.26. The second kappa shape index (κ2) is 7.05. The number of nitrogens with one attached hydrogen (secondary N) is 2. The maximum Gasteiger partial charge on any atom is 0.251 e. The number of anilines is 1. The Balaban J connectivity index is 1.75. The van der Waals surface area contributed by atoms with Gasteiger partial charge in [0, 0.05) is 22.6 Å². The van der Waals surface area contributed by atoms with Crippen molar-refractivity contribution in [1.29, 1.82) is 0 Å². The molecule has 0 unspecified atom stereocenters. The quantitative estimate of drug-likeness (QED) is 0.891. The molecule has 24 heavy (non-hydrogen) atoms. The Labute approximate surface area is 143 Å². The minimum Gasteiger partial charge on any atom is -0.346 e. The summed E-state index contributed by atoms with van der Waals surface area (Å²) in [6.07, 6.45) is 0.461. The van der Waals surface area contributed by atoms with E-state index in [4.69, 9.17) is 0 Å². The van der Waals surface area contributed by atoms with Crippen molar-refractivity contribution in [3.05, 3.63) is 59.4 Å². The van der Waals surface area contributed by atoms with E-state index in [1.807, 2.05) is 13.0 Å². The Morgan fingerprint density at radius 3 is 2.75 bits per heavy atom. The van der Waals surface area contributed by atoms with Crippen molar-refractivity contribution < 1.29 is 14.0 Å². The zero-order valence-electron chi connectivity index (χ0n) is 13.1. The van der Waals surface area contributed by atoms with E-state index in [1.165, 1.54) is 12.1 Å². The molecule has 2 N–H and O–H groups in total. The first kappa shape index (κ1) is 16.5. The second-order valence-corrected chi connectivity index (χ2v) is 6.74. The van der Waals surface area contributed by atoms with Crippen molar-refractivity contribution in [3.63, 3.8) is 0 Å². The van der Waals surface area contributed by atoms with E-state index >= 15 is 0 Å². The van der Waals surface area contributed by atoms with Gasteiger partial charge in [0.1, 0.15) is 5.82 Å². The van der Waals surface area contributed by atoms with Gasteiger partial charge in [-0.3, -0.25) is 9.59 Å². The molecule has 1 atom stereocenters. The summed E-state index contributed by atoms with van der Waals surface area (Å²) in [5, 5.41) is 5.71. The fraction of sp³-hybridized carbons (Fsp3) is 0.222. The van der Waals surface area contributed by atoms with Crippen LogP contribution in [0.2, 0.25) is 0 Å². The minimum atomic E-state index is -0.309. The molecule has 1 aliphatic heterocycles. The third-order valence-electron chi connectivity index (χ3n) is 3.82. The first-order valence-corrected chi connectivity index (χ1v) is 8.64. The van der Waals surface area contributed by atoms with Crippen LogP contribution in [0, 0.1) is 5.82 Å². The van der Waals surface area contributed by atoms with Gasteiger partial charge in [-0.1, -0.05) is 12.1 Å². The number of benzene rings is 2. The van der Waals surface area contributed by atoms with Gasteiger partial charge in [-0.15, -0.1) is 11.8 Å². The van der Waals surface area contributed by atoms with Crippen LogP contribution < -0.4 is 10.6 Å². The molecule has 1 aliphatic rings. The van der Waals surface area contributed by atoms with Crippen LogP contribution >= 0.6 is 11.8 Å². The molecule has 0 aliphatic carbocycles. The average molecular weight is 344 g/mol. The Kier molecular flexibility index (Phi) is 4.85. The monoisotopic (exact) mass is 344 g/mol. The summed E-state index contributed by atoms with van der Waals surface area (Å²) in [5.41, 5.74) is 1.97. The van der Waals surface area contributed by atoms with E-state index in [0.717, 1.165) is 16.2 Å². The number of hydrogen-bond acceptors (Lipinski definition) is 3. The predicted molar refractivity (Wildman–Crippen MR) is 92.7 cm³/mol. The highest BCUT2D eigenvalue weighted by atomic mass is 32.2. The van der Waals surface area contributed by atoms with Crippen LogP contribution in [-0.4, -0.2) is 17.6 Å². The van der Waals surface area contributed by atoms with Crippen LogP contribution in [0.3, 0.4) is 0 Å². The first-order valence-electron chi connectivity index (χ1n) is 7.66. The SMILES string of the molecule is C[C@H](NC(=O)c1ccc2c(c1)NC(=O)CCS2)c1ccc(F)cc1. The first-order chi connectivity index (χ1) is 11.5. The molecular formula is C18H17FN2O2S. The molecule has 0 radical (unpaired) electrons. The van der Waals surface area contributed by atoms with Crippen molar-refractivity contribution >= 4 is 29.3 Å².